The number of benzene rings is 1. The van der Waals surface area contributed by atoms with Crippen molar-refractivity contribution >= 4 is 21.8 Å². The van der Waals surface area contributed by atoms with Crippen LogP contribution in [0.3, 0.4) is 0 Å². The summed E-state index contributed by atoms with van der Waals surface area (Å²) in [6.45, 7) is 1.72. The zero-order valence-electron chi connectivity index (χ0n) is 12.1. The number of carbonyl (C=O) groups excluding carboxylic acids is 1. The predicted molar refractivity (Wildman–Crippen MR) is 80.5 cm³/mol. The number of hydrogen-bond donors (Lipinski definition) is 1. The Morgan fingerprint density at radius 2 is 1.95 bits per heavy atom. The molecule has 0 spiro atoms. The second-order valence-corrected chi connectivity index (χ2v) is 6.04. The smallest absolute Gasteiger partial charge is 0.264 e. The van der Waals surface area contributed by atoms with E-state index < -0.39 is 10.0 Å². The van der Waals surface area contributed by atoms with E-state index in [0.717, 1.165) is 0 Å². The maximum atomic E-state index is 12.3. The summed E-state index contributed by atoms with van der Waals surface area (Å²) < 4.78 is 31.7. The number of Topliss-reactive ketones (excluding diaryl/α,β-unsaturated/α-hetero) is 1. The zero-order valence-corrected chi connectivity index (χ0v) is 12.9. The van der Waals surface area contributed by atoms with Gasteiger partial charge in [-0.3, -0.25) is 4.79 Å². The van der Waals surface area contributed by atoms with Gasteiger partial charge in [0.05, 0.1) is 24.4 Å². The molecule has 7 nitrogen and oxygen atoms in total. The average Bonchev–Trinajstić information content (AvgIpc) is 2.54. The summed E-state index contributed by atoms with van der Waals surface area (Å²) >= 11 is 0. The van der Waals surface area contributed by atoms with Crippen molar-refractivity contribution < 1.29 is 17.9 Å². The first-order chi connectivity index (χ1) is 10.5. The molecule has 1 aromatic carbocycles. The van der Waals surface area contributed by atoms with Crippen molar-refractivity contribution in [1.82, 2.24) is 9.97 Å². The highest BCUT2D eigenvalue weighted by Gasteiger charge is 2.17. The minimum absolute atomic E-state index is 0.0220. The fourth-order valence-corrected chi connectivity index (χ4v) is 2.70. The van der Waals surface area contributed by atoms with Gasteiger partial charge in [0.25, 0.3) is 10.0 Å². The molecule has 0 saturated heterocycles. The second-order valence-electron chi connectivity index (χ2n) is 4.36. The van der Waals surface area contributed by atoms with E-state index in [-0.39, 0.29) is 16.6 Å². The molecule has 0 aliphatic heterocycles. The van der Waals surface area contributed by atoms with Gasteiger partial charge in [-0.15, -0.1) is 0 Å². The Balaban J connectivity index is 2.27. The lowest BCUT2D eigenvalue weighted by Crippen LogP contribution is -2.15. The maximum absolute atomic E-state index is 12.3. The molecule has 1 aromatic heterocycles. The largest absolute Gasteiger partial charge is 0.494 e. The van der Waals surface area contributed by atoms with E-state index in [1.165, 1.54) is 37.7 Å². The first-order valence-corrected chi connectivity index (χ1v) is 7.96. The summed E-state index contributed by atoms with van der Waals surface area (Å²) in [5, 5.41) is 0. The number of carbonyl (C=O) groups is 1. The standard InChI is InChI=1S/C14H15N3O4S/c1-3-13(18)10-5-4-6-12(7-10)22(19,20)17-14-15-8-11(21-2)9-16-14/h4-9H,3H2,1-2H3,(H,15,16,17). The molecule has 0 fully saturated rings. The third-order valence-corrected chi connectivity index (χ3v) is 4.20. The highest BCUT2D eigenvalue weighted by molar-refractivity contribution is 7.92. The summed E-state index contributed by atoms with van der Waals surface area (Å²) in [5.41, 5.74) is 0.348. The van der Waals surface area contributed by atoms with Gasteiger partial charge >= 0.3 is 0 Å². The molecule has 0 aliphatic carbocycles. The molecule has 0 unspecified atom stereocenters. The molecule has 0 bridgehead atoms. The van der Waals surface area contributed by atoms with Crippen LogP contribution < -0.4 is 9.46 Å². The number of ether oxygens (including phenoxy) is 1. The van der Waals surface area contributed by atoms with Crippen LogP contribution in [0.5, 0.6) is 5.75 Å². The number of methoxy groups -OCH3 is 1. The Kier molecular flexibility index (Phi) is 4.71. The van der Waals surface area contributed by atoms with Gasteiger partial charge in [-0.2, -0.15) is 0 Å². The molecule has 22 heavy (non-hydrogen) atoms. The molecular formula is C14H15N3O4S. The van der Waals surface area contributed by atoms with Crippen molar-refractivity contribution in [1.29, 1.82) is 0 Å². The van der Waals surface area contributed by atoms with E-state index in [0.29, 0.717) is 17.7 Å². The van der Waals surface area contributed by atoms with Gasteiger partial charge in [0, 0.05) is 12.0 Å². The first kappa shape index (κ1) is 15.9. The van der Waals surface area contributed by atoms with E-state index >= 15 is 0 Å². The number of aromatic nitrogens is 2. The van der Waals surface area contributed by atoms with Crippen molar-refractivity contribution in [2.75, 3.05) is 11.8 Å². The van der Waals surface area contributed by atoms with Gasteiger partial charge < -0.3 is 4.74 Å². The summed E-state index contributed by atoms with van der Waals surface area (Å²) in [4.78, 5) is 19.3. The topological polar surface area (TPSA) is 98.2 Å². The number of nitrogens with zero attached hydrogens (tertiary/aromatic N) is 2. The molecular weight excluding hydrogens is 306 g/mol. The van der Waals surface area contributed by atoms with Crippen LogP contribution in [0.25, 0.3) is 0 Å². The van der Waals surface area contributed by atoms with E-state index in [4.69, 9.17) is 4.74 Å². The highest BCUT2D eigenvalue weighted by atomic mass is 32.2. The number of ketones is 1. The van der Waals surface area contributed by atoms with Gasteiger partial charge in [0.1, 0.15) is 0 Å². The minimum atomic E-state index is -3.87. The maximum Gasteiger partial charge on any atom is 0.264 e. The van der Waals surface area contributed by atoms with Crippen LogP contribution in [0.1, 0.15) is 23.7 Å². The number of nitrogens with one attached hydrogen (secondary N) is 1. The van der Waals surface area contributed by atoms with Gasteiger partial charge in [-0.1, -0.05) is 19.1 Å². The van der Waals surface area contributed by atoms with Crippen LogP contribution in [0.2, 0.25) is 0 Å². The van der Waals surface area contributed by atoms with Crippen molar-refractivity contribution in [2.24, 2.45) is 0 Å². The van der Waals surface area contributed by atoms with Crippen molar-refractivity contribution in [3.8, 4) is 5.75 Å². The molecule has 8 heteroatoms. The molecule has 1 N–H and O–H groups in total. The van der Waals surface area contributed by atoms with Crippen LogP contribution in [0.4, 0.5) is 5.95 Å². The number of hydrogen-bond acceptors (Lipinski definition) is 6. The molecule has 1 heterocycles. The third-order valence-electron chi connectivity index (χ3n) is 2.88. The van der Waals surface area contributed by atoms with Crippen LogP contribution in [-0.2, 0) is 10.0 Å². The lowest BCUT2D eigenvalue weighted by Gasteiger charge is -2.08. The van der Waals surface area contributed by atoms with E-state index in [9.17, 15) is 13.2 Å². The Labute approximate surface area is 128 Å². The quantitative estimate of drug-likeness (QED) is 0.816. The summed E-state index contributed by atoms with van der Waals surface area (Å²) in [7, 11) is -2.41. The lowest BCUT2D eigenvalue weighted by molar-refractivity contribution is 0.0988. The van der Waals surface area contributed by atoms with E-state index in [2.05, 4.69) is 14.7 Å². The summed E-state index contributed by atoms with van der Waals surface area (Å²) in [6, 6.07) is 5.83. The average molecular weight is 321 g/mol. The Hall–Kier alpha value is -2.48. The summed E-state index contributed by atoms with van der Waals surface area (Å²) in [6.07, 6.45) is 3.00. The predicted octanol–water partition coefficient (Wildman–Crippen LogP) is 1.88. The minimum Gasteiger partial charge on any atom is -0.494 e. The number of rotatable bonds is 6. The Morgan fingerprint density at radius 3 is 2.55 bits per heavy atom. The van der Waals surface area contributed by atoms with E-state index in [1.54, 1.807) is 13.0 Å². The van der Waals surface area contributed by atoms with Gasteiger partial charge in [-0.05, 0) is 12.1 Å². The summed E-state index contributed by atoms with van der Waals surface area (Å²) in [5.74, 6) is 0.212. The van der Waals surface area contributed by atoms with Gasteiger partial charge in [0.15, 0.2) is 11.5 Å². The zero-order chi connectivity index (χ0) is 16.2. The fourth-order valence-electron chi connectivity index (χ4n) is 1.69. The first-order valence-electron chi connectivity index (χ1n) is 6.48. The van der Waals surface area contributed by atoms with Crippen LogP contribution in [0.15, 0.2) is 41.6 Å². The van der Waals surface area contributed by atoms with Crippen LogP contribution in [0, 0.1) is 0 Å². The third kappa shape index (κ3) is 3.59. The van der Waals surface area contributed by atoms with Crippen molar-refractivity contribution in [3.63, 3.8) is 0 Å². The number of anilines is 1. The molecule has 0 saturated carbocycles. The molecule has 2 aromatic rings. The van der Waals surface area contributed by atoms with Crippen LogP contribution in [-0.4, -0.2) is 31.3 Å². The lowest BCUT2D eigenvalue weighted by atomic mass is 10.1. The van der Waals surface area contributed by atoms with E-state index in [1.807, 2.05) is 0 Å². The normalized spacial score (nSPS) is 11.0. The molecule has 0 radical (unpaired) electrons. The molecule has 2 rings (SSSR count). The molecule has 0 amide bonds. The molecule has 0 aliphatic rings. The Bertz CT molecular complexity index is 773. The Morgan fingerprint density at radius 1 is 1.27 bits per heavy atom. The van der Waals surface area contributed by atoms with Gasteiger partial charge in [-0.25, -0.2) is 23.1 Å². The van der Waals surface area contributed by atoms with Crippen molar-refractivity contribution in [3.05, 3.63) is 42.2 Å². The monoisotopic (exact) mass is 321 g/mol. The van der Waals surface area contributed by atoms with Crippen LogP contribution >= 0.6 is 0 Å². The van der Waals surface area contributed by atoms with Crippen molar-refractivity contribution in [2.45, 2.75) is 18.2 Å². The fraction of sp³-hybridized carbons (Fsp3) is 0.214. The molecule has 116 valence electrons. The number of sulfonamides is 1. The molecule has 0 atom stereocenters. The highest BCUT2D eigenvalue weighted by Crippen LogP contribution is 2.16. The van der Waals surface area contributed by atoms with Gasteiger partial charge in [0.2, 0.25) is 5.95 Å². The SMILES string of the molecule is CCC(=O)c1cccc(S(=O)(=O)Nc2ncc(OC)cn2)c1. The second kappa shape index (κ2) is 6.52.